The van der Waals surface area contributed by atoms with Gasteiger partial charge in [-0.3, -0.25) is 10.8 Å². The molecule has 2 heterocycles. The lowest BCUT2D eigenvalue weighted by Gasteiger charge is -2.18. The Morgan fingerprint density at radius 1 is 1.42 bits per heavy atom. The predicted molar refractivity (Wildman–Crippen MR) is 47.1 cm³/mol. The van der Waals surface area contributed by atoms with Crippen LogP contribution in [0.2, 0.25) is 0 Å². The molecule has 2 rings (SSSR count). The first kappa shape index (κ1) is 7.71. The minimum atomic E-state index is 0.410. The van der Waals surface area contributed by atoms with Gasteiger partial charge in [0.2, 0.25) is 0 Å². The second-order valence-electron chi connectivity index (χ2n) is 3.18. The molecule has 1 aliphatic heterocycles. The summed E-state index contributed by atoms with van der Waals surface area (Å²) in [7, 11) is 0. The molecular weight excluding hydrogens is 150 g/mol. The van der Waals surface area contributed by atoms with E-state index in [1.165, 1.54) is 18.4 Å². The van der Waals surface area contributed by atoms with Gasteiger partial charge in [-0.15, -0.1) is 0 Å². The van der Waals surface area contributed by atoms with E-state index in [0.29, 0.717) is 6.04 Å². The Morgan fingerprint density at radius 3 is 2.75 bits per heavy atom. The van der Waals surface area contributed by atoms with Crippen LogP contribution < -0.4 is 5.84 Å². The predicted octanol–water partition coefficient (Wildman–Crippen LogP) is 1.09. The Hall–Kier alpha value is -0.930. The van der Waals surface area contributed by atoms with Gasteiger partial charge in [0, 0.05) is 25.0 Å². The van der Waals surface area contributed by atoms with E-state index in [1.807, 2.05) is 29.5 Å². The highest BCUT2D eigenvalue weighted by molar-refractivity contribution is 5.15. The fourth-order valence-electron chi connectivity index (χ4n) is 1.73. The minimum absolute atomic E-state index is 0.410. The molecule has 0 spiro atoms. The lowest BCUT2D eigenvalue weighted by atomic mass is 10.1. The van der Waals surface area contributed by atoms with E-state index >= 15 is 0 Å². The van der Waals surface area contributed by atoms with Crippen molar-refractivity contribution in [2.75, 3.05) is 6.54 Å². The lowest BCUT2D eigenvalue weighted by Crippen LogP contribution is -2.30. The SMILES string of the molecule is NN1CCCC1c1ccncc1. The highest BCUT2D eigenvalue weighted by Crippen LogP contribution is 2.27. The third kappa shape index (κ3) is 1.33. The van der Waals surface area contributed by atoms with Gasteiger partial charge in [0.25, 0.3) is 0 Å². The van der Waals surface area contributed by atoms with Crippen LogP contribution in [-0.4, -0.2) is 16.5 Å². The molecule has 12 heavy (non-hydrogen) atoms. The van der Waals surface area contributed by atoms with E-state index in [2.05, 4.69) is 4.98 Å². The molecule has 1 unspecified atom stereocenters. The van der Waals surface area contributed by atoms with Crippen LogP contribution in [0.25, 0.3) is 0 Å². The van der Waals surface area contributed by atoms with Crippen LogP contribution in [0, 0.1) is 0 Å². The molecule has 0 aliphatic carbocycles. The Bertz CT molecular complexity index is 247. The van der Waals surface area contributed by atoms with Gasteiger partial charge < -0.3 is 0 Å². The third-order valence-corrected chi connectivity index (χ3v) is 2.39. The summed E-state index contributed by atoms with van der Waals surface area (Å²) >= 11 is 0. The van der Waals surface area contributed by atoms with Crippen molar-refractivity contribution >= 4 is 0 Å². The summed E-state index contributed by atoms with van der Waals surface area (Å²) in [6.45, 7) is 1.01. The second kappa shape index (κ2) is 3.21. The van der Waals surface area contributed by atoms with Crippen molar-refractivity contribution < 1.29 is 0 Å². The van der Waals surface area contributed by atoms with Gasteiger partial charge in [-0.1, -0.05) is 0 Å². The maximum atomic E-state index is 5.82. The van der Waals surface area contributed by atoms with E-state index in [1.54, 1.807) is 0 Å². The number of hydrazine groups is 1. The quantitative estimate of drug-likeness (QED) is 0.630. The lowest BCUT2D eigenvalue weighted by molar-refractivity contribution is 0.266. The van der Waals surface area contributed by atoms with E-state index in [-0.39, 0.29) is 0 Å². The summed E-state index contributed by atoms with van der Waals surface area (Å²) in [5.74, 6) is 5.82. The molecule has 1 aromatic rings. The fraction of sp³-hybridized carbons (Fsp3) is 0.444. The summed E-state index contributed by atoms with van der Waals surface area (Å²) in [6, 6.07) is 4.49. The number of nitrogens with two attached hydrogens (primary N) is 1. The van der Waals surface area contributed by atoms with Gasteiger partial charge in [0.1, 0.15) is 0 Å². The molecule has 1 atom stereocenters. The highest BCUT2D eigenvalue weighted by Gasteiger charge is 2.22. The van der Waals surface area contributed by atoms with E-state index in [9.17, 15) is 0 Å². The van der Waals surface area contributed by atoms with Gasteiger partial charge in [-0.05, 0) is 30.5 Å². The summed E-state index contributed by atoms with van der Waals surface area (Å²) in [4.78, 5) is 3.98. The number of rotatable bonds is 1. The first-order valence-corrected chi connectivity index (χ1v) is 4.29. The monoisotopic (exact) mass is 163 g/mol. The fourth-order valence-corrected chi connectivity index (χ4v) is 1.73. The van der Waals surface area contributed by atoms with Crippen LogP contribution in [0.15, 0.2) is 24.5 Å². The summed E-state index contributed by atoms with van der Waals surface area (Å²) < 4.78 is 0. The first-order chi connectivity index (χ1) is 5.88. The second-order valence-corrected chi connectivity index (χ2v) is 3.18. The number of pyridine rings is 1. The van der Waals surface area contributed by atoms with Crippen LogP contribution in [0.4, 0.5) is 0 Å². The summed E-state index contributed by atoms with van der Waals surface area (Å²) in [5, 5.41) is 1.91. The molecule has 3 nitrogen and oxygen atoms in total. The Kier molecular flexibility index (Phi) is 2.06. The number of hydrogen-bond donors (Lipinski definition) is 1. The Morgan fingerprint density at radius 2 is 2.17 bits per heavy atom. The molecule has 0 bridgehead atoms. The minimum Gasteiger partial charge on any atom is -0.268 e. The number of aromatic nitrogens is 1. The maximum Gasteiger partial charge on any atom is 0.0492 e. The molecule has 2 N–H and O–H groups in total. The standard InChI is InChI=1S/C9H13N3/c10-12-7-1-2-9(12)8-3-5-11-6-4-8/h3-6,9H,1-2,7,10H2. The zero-order valence-corrected chi connectivity index (χ0v) is 6.98. The van der Waals surface area contributed by atoms with Crippen LogP contribution in [0.5, 0.6) is 0 Å². The van der Waals surface area contributed by atoms with Crippen molar-refractivity contribution in [2.45, 2.75) is 18.9 Å². The van der Waals surface area contributed by atoms with Gasteiger partial charge in [0.05, 0.1) is 0 Å². The molecule has 1 aliphatic rings. The maximum absolute atomic E-state index is 5.82. The van der Waals surface area contributed by atoms with Gasteiger partial charge in [-0.25, -0.2) is 5.01 Å². The smallest absolute Gasteiger partial charge is 0.0492 e. The molecule has 1 fully saturated rings. The Balaban J connectivity index is 2.19. The van der Waals surface area contributed by atoms with Crippen molar-refractivity contribution in [3.63, 3.8) is 0 Å². The zero-order valence-electron chi connectivity index (χ0n) is 6.98. The third-order valence-electron chi connectivity index (χ3n) is 2.39. The van der Waals surface area contributed by atoms with E-state index in [0.717, 1.165) is 6.54 Å². The largest absolute Gasteiger partial charge is 0.268 e. The number of hydrogen-bond acceptors (Lipinski definition) is 3. The van der Waals surface area contributed by atoms with Crippen molar-refractivity contribution in [3.8, 4) is 0 Å². The molecule has 3 heteroatoms. The van der Waals surface area contributed by atoms with Crippen molar-refractivity contribution in [1.29, 1.82) is 0 Å². The van der Waals surface area contributed by atoms with Crippen molar-refractivity contribution in [3.05, 3.63) is 30.1 Å². The molecule has 1 saturated heterocycles. The number of nitrogens with zero attached hydrogens (tertiary/aromatic N) is 2. The molecule has 64 valence electrons. The van der Waals surface area contributed by atoms with Crippen LogP contribution >= 0.6 is 0 Å². The topological polar surface area (TPSA) is 42.1 Å². The van der Waals surface area contributed by atoms with E-state index in [4.69, 9.17) is 5.84 Å². The average molecular weight is 163 g/mol. The summed E-state index contributed by atoms with van der Waals surface area (Å²) in [5.41, 5.74) is 1.28. The molecule has 0 aromatic carbocycles. The van der Waals surface area contributed by atoms with Crippen LogP contribution in [0.1, 0.15) is 24.4 Å². The van der Waals surface area contributed by atoms with E-state index < -0.39 is 0 Å². The molecule has 0 radical (unpaired) electrons. The first-order valence-electron chi connectivity index (χ1n) is 4.29. The van der Waals surface area contributed by atoms with Crippen LogP contribution in [0.3, 0.4) is 0 Å². The van der Waals surface area contributed by atoms with Crippen molar-refractivity contribution in [1.82, 2.24) is 9.99 Å². The normalized spacial score (nSPS) is 24.6. The van der Waals surface area contributed by atoms with Crippen LogP contribution in [-0.2, 0) is 0 Å². The van der Waals surface area contributed by atoms with Gasteiger partial charge in [-0.2, -0.15) is 0 Å². The Labute approximate surface area is 72.2 Å². The molecule has 0 amide bonds. The summed E-state index contributed by atoms with van der Waals surface area (Å²) in [6.07, 6.45) is 6.01. The van der Waals surface area contributed by atoms with Crippen molar-refractivity contribution in [2.24, 2.45) is 5.84 Å². The van der Waals surface area contributed by atoms with Gasteiger partial charge >= 0.3 is 0 Å². The molecular formula is C9H13N3. The highest BCUT2D eigenvalue weighted by atomic mass is 15.4. The molecule has 0 saturated carbocycles. The average Bonchev–Trinajstić information content (AvgIpc) is 2.53. The zero-order chi connectivity index (χ0) is 8.39. The van der Waals surface area contributed by atoms with Gasteiger partial charge in [0.15, 0.2) is 0 Å². The molecule has 1 aromatic heterocycles.